The average Bonchev–Trinajstić information content (AvgIpc) is 3.22. The number of rotatable bonds is 6. The summed E-state index contributed by atoms with van der Waals surface area (Å²) < 4.78 is 32.8. The average molecular weight is 496 g/mol. The third-order valence-electron chi connectivity index (χ3n) is 4.94. The Balaban J connectivity index is 1.61. The molecule has 3 aromatic rings. The lowest BCUT2D eigenvalue weighted by atomic mass is 10.2. The molecule has 1 saturated heterocycles. The van der Waals surface area contributed by atoms with Crippen LogP contribution >= 0.6 is 23.4 Å². The van der Waals surface area contributed by atoms with Crippen LogP contribution in [0.5, 0.6) is 0 Å². The number of hydrogen-bond acceptors (Lipinski definition) is 9. The van der Waals surface area contributed by atoms with Gasteiger partial charge in [0.25, 0.3) is 10.9 Å². The summed E-state index contributed by atoms with van der Waals surface area (Å²) in [7, 11) is -1.93. The monoisotopic (exact) mass is 495 g/mol. The van der Waals surface area contributed by atoms with E-state index in [4.69, 9.17) is 16.0 Å². The fraction of sp³-hybridized carbons (Fsp3) is 0.263. The lowest BCUT2D eigenvalue weighted by molar-refractivity contribution is -0.388. The molecule has 13 heteroatoms. The third-order valence-corrected chi connectivity index (χ3v) is 8.06. The van der Waals surface area contributed by atoms with Crippen LogP contribution in [0.25, 0.3) is 11.5 Å². The number of sulfonamides is 1. The van der Waals surface area contributed by atoms with Crippen LogP contribution in [0.4, 0.5) is 5.69 Å². The zero-order valence-electron chi connectivity index (χ0n) is 16.8. The fourth-order valence-electron chi connectivity index (χ4n) is 3.15. The van der Waals surface area contributed by atoms with Gasteiger partial charge in [0.15, 0.2) is 0 Å². The van der Waals surface area contributed by atoms with E-state index in [2.05, 4.69) is 10.2 Å². The Labute approximate surface area is 193 Å². The van der Waals surface area contributed by atoms with Crippen molar-refractivity contribution in [1.82, 2.24) is 19.4 Å². The van der Waals surface area contributed by atoms with E-state index in [1.54, 1.807) is 24.3 Å². The zero-order valence-corrected chi connectivity index (χ0v) is 19.2. The molecule has 1 fully saturated rings. The number of nitrogens with zero attached hydrogens (tertiary/aromatic N) is 5. The molecule has 10 nitrogen and oxygen atoms in total. The molecule has 4 rings (SSSR count). The van der Waals surface area contributed by atoms with E-state index >= 15 is 0 Å². The summed E-state index contributed by atoms with van der Waals surface area (Å²) in [5.41, 5.74) is 0.180. The molecular weight excluding hydrogens is 478 g/mol. The second-order valence-electron chi connectivity index (χ2n) is 7.05. The number of likely N-dealkylation sites (N-methyl/N-ethyl adjacent to an activating group) is 1. The van der Waals surface area contributed by atoms with Crippen molar-refractivity contribution in [3.63, 3.8) is 0 Å². The molecular formula is C19H18ClN5O5S2. The van der Waals surface area contributed by atoms with Gasteiger partial charge in [-0.25, -0.2) is 8.42 Å². The topological polar surface area (TPSA) is 123 Å². The molecule has 1 aromatic heterocycles. The third kappa shape index (κ3) is 4.64. The van der Waals surface area contributed by atoms with E-state index < -0.39 is 14.9 Å². The Kier molecular flexibility index (Phi) is 6.49. The summed E-state index contributed by atoms with van der Waals surface area (Å²) >= 11 is 7.02. The first-order valence-corrected chi connectivity index (χ1v) is 12.1. The van der Waals surface area contributed by atoms with Crippen molar-refractivity contribution in [3.8, 4) is 11.5 Å². The van der Waals surface area contributed by atoms with Crippen molar-refractivity contribution in [3.05, 3.63) is 57.6 Å². The highest BCUT2D eigenvalue weighted by atomic mass is 35.5. The number of piperazine rings is 1. The minimum Gasteiger partial charge on any atom is -0.411 e. The molecule has 0 amide bonds. The van der Waals surface area contributed by atoms with Crippen molar-refractivity contribution < 1.29 is 17.8 Å². The molecule has 0 atom stereocenters. The molecule has 0 radical (unpaired) electrons. The predicted octanol–water partition coefficient (Wildman–Crippen LogP) is 3.39. The normalized spacial score (nSPS) is 15.7. The number of halogens is 1. The smallest absolute Gasteiger partial charge is 0.284 e. The highest BCUT2D eigenvalue weighted by Crippen LogP contribution is 2.37. The van der Waals surface area contributed by atoms with Crippen LogP contribution in [0.3, 0.4) is 0 Å². The molecule has 1 aliphatic heterocycles. The highest BCUT2D eigenvalue weighted by Gasteiger charge is 2.30. The van der Waals surface area contributed by atoms with Crippen LogP contribution in [0.15, 0.2) is 61.9 Å². The van der Waals surface area contributed by atoms with Gasteiger partial charge in [0, 0.05) is 32.2 Å². The molecule has 0 aliphatic carbocycles. The predicted molar refractivity (Wildman–Crippen MR) is 118 cm³/mol. The Bertz CT molecular complexity index is 1260. The molecule has 2 aromatic carbocycles. The second-order valence-corrected chi connectivity index (χ2v) is 10.4. The molecule has 0 bridgehead atoms. The van der Waals surface area contributed by atoms with Gasteiger partial charge in [-0.2, -0.15) is 4.31 Å². The maximum Gasteiger partial charge on any atom is 0.284 e. The van der Waals surface area contributed by atoms with Crippen molar-refractivity contribution in [2.45, 2.75) is 15.0 Å². The lowest BCUT2D eigenvalue weighted by Crippen LogP contribution is -2.47. The van der Waals surface area contributed by atoms with E-state index in [1.165, 1.54) is 16.4 Å². The Morgan fingerprint density at radius 3 is 2.53 bits per heavy atom. The zero-order chi connectivity index (χ0) is 22.9. The molecule has 2 heterocycles. The maximum absolute atomic E-state index is 13.0. The van der Waals surface area contributed by atoms with Crippen LogP contribution in [0.1, 0.15) is 0 Å². The second kappa shape index (κ2) is 9.16. The summed E-state index contributed by atoms with van der Waals surface area (Å²) in [5, 5.41) is 20.0. The number of nitro groups is 1. The van der Waals surface area contributed by atoms with Crippen molar-refractivity contribution in [2.75, 3.05) is 33.2 Å². The van der Waals surface area contributed by atoms with E-state index in [-0.39, 0.29) is 26.6 Å². The van der Waals surface area contributed by atoms with Crippen LogP contribution in [0.2, 0.25) is 5.02 Å². The molecule has 168 valence electrons. The largest absolute Gasteiger partial charge is 0.411 e. The summed E-state index contributed by atoms with van der Waals surface area (Å²) in [6, 6.07) is 10.7. The van der Waals surface area contributed by atoms with E-state index in [9.17, 15) is 18.5 Å². The van der Waals surface area contributed by atoms with Gasteiger partial charge in [0.05, 0.1) is 25.3 Å². The molecule has 0 spiro atoms. The summed E-state index contributed by atoms with van der Waals surface area (Å²) in [5.74, 6) is 0.176. The van der Waals surface area contributed by atoms with E-state index in [1.807, 2.05) is 11.9 Å². The van der Waals surface area contributed by atoms with Gasteiger partial charge in [-0.15, -0.1) is 10.2 Å². The van der Waals surface area contributed by atoms with Crippen molar-refractivity contribution in [2.24, 2.45) is 0 Å². The number of hydrogen-bond donors (Lipinski definition) is 0. The van der Waals surface area contributed by atoms with Crippen LogP contribution in [-0.2, 0) is 10.0 Å². The Morgan fingerprint density at radius 2 is 1.84 bits per heavy atom. The molecule has 0 unspecified atom stereocenters. The minimum absolute atomic E-state index is 0.0673. The van der Waals surface area contributed by atoms with Gasteiger partial charge >= 0.3 is 0 Å². The maximum atomic E-state index is 13.0. The summed E-state index contributed by atoms with van der Waals surface area (Å²) in [6.45, 7) is 1.85. The summed E-state index contributed by atoms with van der Waals surface area (Å²) in [6.07, 6.45) is 0. The standard InChI is InChI=1S/C19H18ClN5O5S2/c1-23-8-10-24(11-9-23)32(28,29)13-6-7-17(16(12-13)25(26)27)31-19-22-21-18(30-19)14-4-2-3-5-15(14)20/h2-7,12H,8-11H2,1H3. The number of aromatic nitrogens is 2. The lowest BCUT2D eigenvalue weighted by Gasteiger charge is -2.31. The first-order valence-electron chi connectivity index (χ1n) is 9.49. The Morgan fingerprint density at radius 1 is 1.12 bits per heavy atom. The van der Waals surface area contributed by atoms with Gasteiger partial charge in [-0.05, 0) is 43.1 Å². The van der Waals surface area contributed by atoms with Gasteiger partial charge in [-0.3, -0.25) is 10.1 Å². The quantitative estimate of drug-likeness (QED) is 0.374. The molecule has 0 saturated carbocycles. The van der Waals surface area contributed by atoms with Gasteiger partial charge in [0.1, 0.15) is 0 Å². The van der Waals surface area contributed by atoms with Crippen LogP contribution in [-0.4, -0.2) is 66.0 Å². The van der Waals surface area contributed by atoms with E-state index in [0.29, 0.717) is 36.8 Å². The van der Waals surface area contributed by atoms with Gasteiger partial charge < -0.3 is 9.32 Å². The van der Waals surface area contributed by atoms with Crippen LogP contribution < -0.4 is 0 Å². The number of benzene rings is 2. The van der Waals surface area contributed by atoms with Gasteiger partial charge in [-0.1, -0.05) is 23.7 Å². The molecule has 1 aliphatic rings. The first kappa shape index (κ1) is 22.7. The minimum atomic E-state index is -3.84. The summed E-state index contributed by atoms with van der Waals surface area (Å²) in [4.78, 5) is 13.1. The SMILES string of the molecule is CN1CCN(S(=O)(=O)c2ccc(Sc3nnc(-c4ccccc4Cl)o3)c([N+](=O)[O-])c2)CC1. The first-order chi connectivity index (χ1) is 15.3. The Hall–Kier alpha value is -2.51. The van der Waals surface area contributed by atoms with Crippen LogP contribution in [0, 0.1) is 10.1 Å². The molecule has 0 N–H and O–H groups in total. The highest BCUT2D eigenvalue weighted by molar-refractivity contribution is 7.99. The number of nitro benzene ring substituents is 1. The fourth-order valence-corrected chi connectivity index (χ4v) is 5.58. The van der Waals surface area contributed by atoms with Crippen molar-refractivity contribution in [1.29, 1.82) is 0 Å². The molecule has 32 heavy (non-hydrogen) atoms. The van der Waals surface area contributed by atoms with Gasteiger partial charge in [0.2, 0.25) is 15.9 Å². The van der Waals surface area contributed by atoms with Crippen molar-refractivity contribution >= 4 is 39.1 Å². The van der Waals surface area contributed by atoms with E-state index in [0.717, 1.165) is 17.8 Å².